The number of pyridine rings is 1. The quantitative estimate of drug-likeness (QED) is 0.238. The third-order valence-corrected chi connectivity index (χ3v) is 6.94. The first-order valence-corrected chi connectivity index (χ1v) is 12.9. The van der Waals surface area contributed by atoms with Crippen molar-refractivity contribution in [3.8, 4) is 45.3 Å². The Morgan fingerprint density at radius 1 is 0.821 bits per heavy atom. The summed E-state index contributed by atoms with van der Waals surface area (Å²) in [6.07, 6.45) is 0. The molecule has 9 heteroatoms. The van der Waals surface area contributed by atoms with Gasteiger partial charge >= 0.3 is 0 Å². The van der Waals surface area contributed by atoms with Gasteiger partial charge in [0, 0.05) is 22.4 Å². The molecule has 5 aromatic rings. The highest BCUT2D eigenvalue weighted by molar-refractivity contribution is 6.39. The van der Waals surface area contributed by atoms with Crippen molar-refractivity contribution in [1.82, 2.24) is 10.1 Å². The number of nitrogens with one attached hydrogen (secondary N) is 1. The minimum absolute atomic E-state index is 0.267. The molecule has 0 saturated heterocycles. The standard InChI is InChI=1S/C30H21Cl2N3O4/c1-17-27(29(35-39-17)28-21(31)4-2-5-22(28)32)30(36)33-20-11-8-18(9-12-20)23-6-3-7-24(34-23)19-10-13-25-26(16-19)38-15-14-37-25/h2-13,16H,14-15H2,1H3,(H,33,36). The van der Waals surface area contributed by atoms with E-state index in [1.54, 1.807) is 25.1 Å². The molecule has 6 rings (SSSR count). The van der Waals surface area contributed by atoms with Crippen LogP contribution in [-0.2, 0) is 0 Å². The van der Waals surface area contributed by atoms with E-state index in [0.29, 0.717) is 46.0 Å². The van der Waals surface area contributed by atoms with Gasteiger partial charge in [-0.05, 0) is 61.5 Å². The van der Waals surface area contributed by atoms with Crippen molar-refractivity contribution < 1.29 is 18.8 Å². The molecule has 1 aliphatic heterocycles. The summed E-state index contributed by atoms with van der Waals surface area (Å²) >= 11 is 12.7. The number of rotatable bonds is 5. The Morgan fingerprint density at radius 3 is 2.21 bits per heavy atom. The summed E-state index contributed by atoms with van der Waals surface area (Å²) in [5.41, 5.74) is 5.05. The second-order valence-corrected chi connectivity index (χ2v) is 9.67. The Hall–Kier alpha value is -4.33. The Kier molecular flexibility index (Phi) is 6.69. The van der Waals surface area contributed by atoms with Gasteiger partial charge in [0.15, 0.2) is 11.5 Å². The van der Waals surface area contributed by atoms with E-state index in [-0.39, 0.29) is 17.2 Å². The number of halogens is 2. The minimum Gasteiger partial charge on any atom is -0.486 e. The summed E-state index contributed by atoms with van der Waals surface area (Å²) in [5.74, 6) is 1.43. The number of anilines is 1. The zero-order chi connectivity index (χ0) is 26.9. The maximum atomic E-state index is 13.2. The summed E-state index contributed by atoms with van der Waals surface area (Å²) in [5, 5.41) is 7.71. The zero-order valence-corrected chi connectivity index (χ0v) is 22.2. The molecule has 0 unspecified atom stereocenters. The van der Waals surface area contributed by atoms with Crippen LogP contribution in [0.1, 0.15) is 16.1 Å². The van der Waals surface area contributed by atoms with E-state index in [9.17, 15) is 4.79 Å². The first-order chi connectivity index (χ1) is 19.0. The van der Waals surface area contributed by atoms with Crippen LogP contribution < -0.4 is 14.8 Å². The molecule has 3 heterocycles. The lowest BCUT2D eigenvalue weighted by Gasteiger charge is -2.18. The van der Waals surface area contributed by atoms with Gasteiger partial charge in [-0.3, -0.25) is 4.79 Å². The molecule has 0 fully saturated rings. The fourth-order valence-corrected chi connectivity index (χ4v) is 4.99. The Bertz CT molecular complexity index is 1680. The number of carbonyl (C=O) groups is 1. The van der Waals surface area contributed by atoms with Crippen molar-refractivity contribution in [1.29, 1.82) is 0 Å². The first kappa shape index (κ1) is 25.0. The van der Waals surface area contributed by atoms with Crippen molar-refractivity contribution in [3.05, 3.63) is 100 Å². The van der Waals surface area contributed by atoms with Gasteiger partial charge in [-0.2, -0.15) is 0 Å². The van der Waals surface area contributed by atoms with E-state index in [0.717, 1.165) is 28.3 Å². The molecule has 0 aliphatic carbocycles. The third kappa shape index (κ3) is 4.94. The van der Waals surface area contributed by atoms with Crippen LogP contribution >= 0.6 is 23.2 Å². The molecule has 194 valence electrons. The van der Waals surface area contributed by atoms with E-state index >= 15 is 0 Å². The van der Waals surface area contributed by atoms with E-state index in [1.807, 2.05) is 60.7 Å². The second-order valence-electron chi connectivity index (χ2n) is 8.86. The number of aryl methyl sites for hydroxylation is 1. The normalized spacial score (nSPS) is 12.3. The van der Waals surface area contributed by atoms with Crippen LogP contribution in [0.3, 0.4) is 0 Å². The van der Waals surface area contributed by atoms with Crippen molar-refractivity contribution in [2.45, 2.75) is 6.92 Å². The van der Waals surface area contributed by atoms with Crippen LogP contribution in [0.15, 0.2) is 83.4 Å². The van der Waals surface area contributed by atoms with Crippen LogP contribution in [0, 0.1) is 6.92 Å². The SMILES string of the molecule is Cc1onc(-c2c(Cl)cccc2Cl)c1C(=O)Nc1ccc(-c2cccc(-c3ccc4c(c3)OCCO4)n2)cc1. The van der Waals surface area contributed by atoms with E-state index in [4.69, 9.17) is 42.2 Å². The summed E-state index contributed by atoms with van der Waals surface area (Å²) < 4.78 is 16.7. The Morgan fingerprint density at radius 2 is 1.46 bits per heavy atom. The maximum absolute atomic E-state index is 13.2. The second kappa shape index (κ2) is 10.4. The van der Waals surface area contributed by atoms with Crippen molar-refractivity contribution >= 4 is 34.8 Å². The molecule has 7 nitrogen and oxygen atoms in total. The molecule has 3 aromatic carbocycles. The average Bonchev–Trinajstić information content (AvgIpc) is 3.34. The third-order valence-electron chi connectivity index (χ3n) is 6.31. The lowest BCUT2D eigenvalue weighted by atomic mass is 10.0. The molecular formula is C30H21Cl2N3O4. The summed E-state index contributed by atoms with van der Waals surface area (Å²) in [6, 6.07) is 24.2. The molecule has 1 amide bonds. The van der Waals surface area contributed by atoms with Crippen LogP contribution in [0.2, 0.25) is 10.0 Å². The summed E-state index contributed by atoms with van der Waals surface area (Å²) in [6.45, 7) is 2.74. The maximum Gasteiger partial charge on any atom is 0.261 e. The molecular weight excluding hydrogens is 537 g/mol. The van der Waals surface area contributed by atoms with E-state index < -0.39 is 0 Å². The monoisotopic (exact) mass is 557 g/mol. The van der Waals surface area contributed by atoms with Gasteiger partial charge in [-0.1, -0.05) is 52.6 Å². The molecule has 0 saturated carbocycles. The van der Waals surface area contributed by atoms with Crippen LogP contribution in [0.25, 0.3) is 33.8 Å². The highest BCUT2D eigenvalue weighted by atomic mass is 35.5. The average molecular weight is 558 g/mol. The van der Waals surface area contributed by atoms with E-state index in [2.05, 4.69) is 10.5 Å². The van der Waals surface area contributed by atoms with Gasteiger partial charge in [-0.25, -0.2) is 4.98 Å². The number of fused-ring (bicyclic) bond motifs is 1. The first-order valence-electron chi connectivity index (χ1n) is 12.2. The summed E-state index contributed by atoms with van der Waals surface area (Å²) in [4.78, 5) is 18.1. The van der Waals surface area contributed by atoms with Gasteiger partial charge < -0.3 is 19.3 Å². The molecule has 39 heavy (non-hydrogen) atoms. The van der Waals surface area contributed by atoms with Gasteiger partial charge in [-0.15, -0.1) is 0 Å². The molecule has 0 radical (unpaired) electrons. The zero-order valence-electron chi connectivity index (χ0n) is 20.7. The predicted octanol–water partition coefficient (Wildman–Crippen LogP) is 7.71. The van der Waals surface area contributed by atoms with Gasteiger partial charge in [0.1, 0.15) is 30.2 Å². The van der Waals surface area contributed by atoms with Crippen molar-refractivity contribution in [2.75, 3.05) is 18.5 Å². The summed E-state index contributed by atoms with van der Waals surface area (Å²) in [7, 11) is 0. The molecule has 1 aliphatic rings. The number of benzene rings is 3. The molecule has 0 atom stereocenters. The predicted molar refractivity (Wildman–Crippen MR) is 151 cm³/mol. The number of nitrogens with zero attached hydrogens (tertiary/aromatic N) is 2. The number of hydrogen-bond acceptors (Lipinski definition) is 6. The molecule has 2 aromatic heterocycles. The van der Waals surface area contributed by atoms with Gasteiger partial charge in [0.2, 0.25) is 0 Å². The largest absolute Gasteiger partial charge is 0.486 e. The Balaban J connectivity index is 1.23. The van der Waals surface area contributed by atoms with Crippen molar-refractivity contribution in [2.24, 2.45) is 0 Å². The number of hydrogen-bond donors (Lipinski definition) is 1. The minimum atomic E-state index is -0.383. The molecule has 0 bridgehead atoms. The van der Waals surface area contributed by atoms with Crippen molar-refractivity contribution in [3.63, 3.8) is 0 Å². The Labute approximate surface area is 234 Å². The molecule has 1 N–H and O–H groups in total. The van der Waals surface area contributed by atoms with Gasteiger partial charge in [0.25, 0.3) is 5.91 Å². The molecule has 0 spiro atoms. The lowest BCUT2D eigenvalue weighted by molar-refractivity contribution is 0.102. The van der Waals surface area contributed by atoms with E-state index in [1.165, 1.54) is 0 Å². The number of ether oxygens (including phenoxy) is 2. The number of amides is 1. The van der Waals surface area contributed by atoms with Crippen LogP contribution in [0.5, 0.6) is 11.5 Å². The number of carbonyl (C=O) groups excluding carboxylic acids is 1. The van der Waals surface area contributed by atoms with Crippen LogP contribution in [0.4, 0.5) is 5.69 Å². The highest BCUT2D eigenvalue weighted by Gasteiger charge is 2.25. The van der Waals surface area contributed by atoms with Gasteiger partial charge in [0.05, 0.1) is 21.4 Å². The topological polar surface area (TPSA) is 86.5 Å². The lowest BCUT2D eigenvalue weighted by Crippen LogP contribution is -2.15. The van der Waals surface area contributed by atoms with Crippen LogP contribution in [-0.4, -0.2) is 29.3 Å². The number of aromatic nitrogens is 2. The fraction of sp³-hybridized carbons (Fsp3) is 0.100. The smallest absolute Gasteiger partial charge is 0.261 e. The fourth-order valence-electron chi connectivity index (χ4n) is 4.41. The highest BCUT2D eigenvalue weighted by Crippen LogP contribution is 2.37.